The van der Waals surface area contributed by atoms with Crippen molar-refractivity contribution in [2.45, 2.75) is 12.5 Å². The molecule has 1 heterocycles. The summed E-state index contributed by atoms with van der Waals surface area (Å²) < 4.78 is 5.67. The normalized spacial score (nSPS) is 12.3. The van der Waals surface area contributed by atoms with Gasteiger partial charge in [0.05, 0.1) is 6.04 Å². The zero-order chi connectivity index (χ0) is 11.9. The van der Waals surface area contributed by atoms with Crippen molar-refractivity contribution >= 4 is 11.3 Å². The Morgan fingerprint density at radius 1 is 1.24 bits per heavy atom. The molecule has 4 heteroatoms. The number of para-hydroxylation sites is 1. The molecule has 90 valence electrons. The number of ether oxygens (including phenoxy) is 1. The third-order valence-electron chi connectivity index (χ3n) is 2.49. The molecule has 0 saturated heterocycles. The van der Waals surface area contributed by atoms with Crippen LogP contribution in [0.25, 0.3) is 0 Å². The van der Waals surface area contributed by atoms with Crippen molar-refractivity contribution in [1.29, 1.82) is 0 Å². The number of nitrogens with two attached hydrogens (primary N) is 1. The number of benzene rings is 1. The van der Waals surface area contributed by atoms with Crippen molar-refractivity contribution < 1.29 is 4.74 Å². The summed E-state index contributed by atoms with van der Waals surface area (Å²) in [7, 11) is 0. The highest BCUT2D eigenvalue weighted by Gasteiger charge is 2.08. The van der Waals surface area contributed by atoms with Crippen molar-refractivity contribution in [3.63, 3.8) is 0 Å². The number of hydrazine groups is 1. The minimum absolute atomic E-state index is 0.129. The van der Waals surface area contributed by atoms with E-state index in [1.807, 2.05) is 30.3 Å². The molecule has 0 spiro atoms. The first-order valence-electron chi connectivity index (χ1n) is 5.53. The summed E-state index contributed by atoms with van der Waals surface area (Å²) in [6, 6.07) is 12.0. The molecule has 1 unspecified atom stereocenters. The van der Waals surface area contributed by atoms with E-state index in [0.717, 1.165) is 12.2 Å². The molecule has 3 N–H and O–H groups in total. The first-order valence-corrected chi connectivity index (χ1v) is 6.48. The minimum atomic E-state index is 0.129. The van der Waals surface area contributed by atoms with E-state index in [1.54, 1.807) is 11.3 Å². The molecule has 3 nitrogen and oxygen atoms in total. The fourth-order valence-corrected chi connectivity index (χ4v) is 2.25. The molecular formula is C13H16N2OS. The van der Waals surface area contributed by atoms with Crippen LogP contribution in [0.3, 0.4) is 0 Å². The summed E-state index contributed by atoms with van der Waals surface area (Å²) in [5.74, 6) is 6.40. The van der Waals surface area contributed by atoms with Crippen LogP contribution in [0.5, 0.6) is 5.75 Å². The number of rotatable bonds is 6. The molecular weight excluding hydrogens is 232 g/mol. The van der Waals surface area contributed by atoms with Crippen LogP contribution in [0.15, 0.2) is 47.2 Å². The molecule has 0 aliphatic heterocycles. The second kappa shape index (κ2) is 6.39. The molecule has 1 aromatic heterocycles. The molecule has 2 rings (SSSR count). The first-order chi connectivity index (χ1) is 8.38. The topological polar surface area (TPSA) is 47.3 Å². The predicted molar refractivity (Wildman–Crippen MR) is 71.1 cm³/mol. The standard InChI is InChI=1S/C13H16N2OS/c14-15-12(8-11-6-7-17-10-11)9-16-13-4-2-1-3-5-13/h1-7,10,12,15H,8-9,14H2. The zero-order valence-electron chi connectivity index (χ0n) is 9.50. The molecule has 0 fully saturated rings. The molecule has 1 aromatic carbocycles. The molecule has 0 aliphatic carbocycles. The Bertz CT molecular complexity index is 416. The van der Waals surface area contributed by atoms with Gasteiger partial charge in [-0.15, -0.1) is 0 Å². The van der Waals surface area contributed by atoms with E-state index in [0.29, 0.717) is 6.61 Å². The zero-order valence-corrected chi connectivity index (χ0v) is 10.3. The monoisotopic (exact) mass is 248 g/mol. The van der Waals surface area contributed by atoms with E-state index in [9.17, 15) is 0 Å². The first kappa shape index (κ1) is 12.1. The Balaban J connectivity index is 1.84. The van der Waals surface area contributed by atoms with Crippen molar-refractivity contribution in [1.82, 2.24) is 5.43 Å². The second-order valence-corrected chi connectivity index (χ2v) is 4.60. The fraction of sp³-hybridized carbons (Fsp3) is 0.231. The van der Waals surface area contributed by atoms with Gasteiger partial charge in [-0.05, 0) is 40.9 Å². The summed E-state index contributed by atoms with van der Waals surface area (Å²) >= 11 is 1.70. The molecule has 0 aliphatic rings. The Morgan fingerprint density at radius 2 is 2.06 bits per heavy atom. The molecule has 17 heavy (non-hydrogen) atoms. The molecule has 0 saturated carbocycles. The second-order valence-electron chi connectivity index (χ2n) is 3.82. The van der Waals surface area contributed by atoms with Crippen molar-refractivity contribution in [2.24, 2.45) is 5.84 Å². The van der Waals surface area contributed by atoms with Crippen molar-refractivity contribution in [3.05, 3.63) is 52.7 Å². The maximum absolute atomic E-state index is 5.67. The van der Waals surface area contributed by atoms with E-state index in [1.165, 1.54) is 5.56 Å². The highest BCUT2D eigenvalue weighted by molar-refractivity contribution is 7.07. The Kier molecular flexibility index (Phi) is 4.55. The maximum atomic E-state index is 5.67. The van der Waals surface area contributed by atoms with Gasteiger partial charge < -0.3 is 4.74 Å². The third-order valence-corrected chi connectivity index (χ3v) is 3.22. The smallest absolute Gasteiger partial charge is 0.119 e. The summed E-state index contributed by atoms with van der Waals surface area (Å²) in [6.07, 6.45) is 0.882. The average Bonchev–Trinajstić information content (AvgIpc) is 2.88. The Labute approximate surface area is 105 Å². The minimum Gasteiger partial charge on any atom is -0.492 e. The highest BCUT2D eigenvalue weighted by Crippen LogP contribution is 2.11. The number of nitrogens with one attached hydrogen (secondary N) is 1. The van der Waals surface area contributed by atoms with Crippen LogP contribution >= 0.6 is 11.3 Å². The quantitative estimate of drug-likeness (QED) is 0.608. The summed E-state index contributed by atoms with van der Waals surface area (Å²) in [4.78, 5) is 0. The predicted octanol–water partition coefficient (Wildman–Crippen LogP) is 2.20. The van der Waals surface area contributed by atoms with Gasteiger partial charge in [0.2, 0.25) is 0 Å². The SMILES string of the molecule is NNC(COc1ccccc1)Cc1ccsc1. The van der Waals surface area contributed by atoms with Crippen LogP contribution < -0.4 is 16.0 Å². The molecule has 0 amide bonds. The largest absolute Gasteiger partial charge is 0.492 e. The summed E-state index contributed by atoms with van der Waals surface area (Å²) in [5.41, 5.74) is 4.08. The van der Waals surface area contributed by atoms with Gasteiger partial charge in [-0.2, -0.15) is 11.3 Å². The van der Waals surface area contributed by atoms with Gasteiger partial charge in [0.1, 0.15) is 12.4 Å². The lowest BCUT2D eigenvalue weighted by Gasteiger charge is -2.16. The van der Waals surface area contributed by atoms with Crippen LogP contribution in [-0.2, 0) is 6.42 Å². The lowest BCUT2D eigenvalue weighted by Crippen LogP contribution is -2.41. The van der Waals surface area contributed by atoms with Crippen LogP contribution in [-0.4, -0.2) is 12.6 Å². The molecule has 0 radical (unpaired) electrons. The maximum Gasteiger partial charge on any atom is 0.119 e. The average molecular weight is 248 g/mol. The molecule has 0 bridgehead atoms. The van der Waals surface area contributed by atoms with Gasteiger partial charge in [0.15, 0.2) is 0 Å². The highest BCUT2D eigenvalue weighted by atomic mass is 32.1. The fourth-order valence-electron chi connectivity index (χ4n) is 1.57. The Morgan fingerprint density at radius 3 is 2.71 bits per heavy atom. The van der Waals surface area contributed by atoms with Gasteiger partial charge >= 0.3 is 0 Å². The van der Waals surface area contributed by atoms with E-state index < -0.39 is 0 Å². The lowest BCUT2D eigenvalue weighted by atomic mass is 10.1. The summed E-state index contributed by atoms with van der Waals surface area (Å²) in [5, 5.41) is 4.20. The van der Waals surface area contributed by atoms with Gasteiger partial charge in [-0.25, -0.2) is 0 Å². The van der Waals surface area contributed by atoms with Gasteiger partial charge in [0.25, 0.3) is 0 Å². The van der Waals surface area contributed by atoms with Crippen molar-refractivity contribution in [2.75, 3.05) is 6.61 Å². The number of thiophene rings is 1. The van der Waals surface area contributed by atoms with Crippen molar-refractivity contribution in [3.8, 4) is 5.75 Å². The molecule has 1 atom stereocenters. The van der Waals surface area contributed by atoms with Gasteiger partial charge in [-0.1, -0.05) is 18.2 Å². The van der Waals surface area contributed by atoms with Gasteiger partial charge in [-0.3, -0.25) is 11.3 Å². The van der Waals surface area contributed by atoms with Crippen LogP contribution in [0.1, 0.15) is 5.56 Å². The number of hydrogen-bond donors (Lipinski definition) is 2. The van der Waals surface area contributed by atoms with Crippen LogP contribution in [0.4, 0.5) is 0 Å². The van der Waals surface area contributed by atoms with E-state index in [-0.39, 0.29) is 6.04 Å². The third kappa shape index (κ3) is 3.85. The lowest BCUT2D eigenvalue weighted by molar-refractivity contribution is 0.264. The van der Waals surface area contributed by atoms with Gasteiger partial charge in [0, 0.05) is 0 Å². The van der Waals surface area contributed by atoms with E-state index in [4.69, 9.17) is 10.6 Å². The van der Waals surface area contributed by atoms with E-state index in [2.05, 4.69) is 22.3 Å². The van der Waals surface area contributed by atoms with Crippen LogP contribution in [0.2, 0.25) is 0 Å². The Hall–Kier alpha value is -1.36. The van der Waals surface area contributed by atoms with Crippen LogP contribution in [0, 0.1) is 0 Å². The van der Waals surface area contributed by atoms with E-state index >= 15 is 0 Å². The molecule has 2 aromatic rings. The number of hydrogen-bond acceptors (Lipinski definition) is 4. The summed E-state index contributed by atoms with van der Waals surface area (Å²) in [6.45, 7) is 0.566.